The van der Waals surface area contributed by atoms with Gasteiger partial charge >= 0.3 is 5.69 Å². The summed E-state index contributed by atoms with van der Waals surface area (Å²) >= 11 is 0. The number of benzene rings is 1. The van der Waals surface area contributed by atoms with Gasteiger partial charge in [-0.2, -0.15) is 0 Å². The Bertz CT molecular complexity index is 668. The summed E-state index contributed by atoms with van der Waals surface area (Å²) < 4.78 is 8.17. The van der Waals surface area contributed by atoms with E-state index in [1.54, 1.807) is 41.2 Å². The van der Waals surface area contributed by atoms with Crippen molar-refractivity contribution in [3.05, 3.63) is 52.7 Å². The Morgan fingerprint density at radius 3 is 2.55 bits per heavy atom. The largest absolute Gasteiger partial charge is 0.496 e. The number of hydrogen-bond acceptors (Lipinski definition) is 3. The van der Waals surface area contributed by atoms with Crippen LogP contribution in [0.4, 0.5) is 0 Å². The topological polar surface area (TPSA) is 53.2 Å². The Hall–Kier alpha value is -2.30. The van der Waals surface area contributed by atoms with Crippen LogP contribution in [0.15, 0.2) is 41.5 Å². The number of para-hydroxylation sites is 1. The maximum absolute atomic E-state index is 12.3. The van der Waals surface area contributed by atoms with Crippen LogP contribution in [0.2, 0.25) is 0 Å². The molecule has 0 aliphatic carbocycles. The zero-order valence-electron chi connectivity index (χ0n) is 11.9. The fourth-order valence-electron chi connectivity index (χ4n) is 2.06. The molecule has 0 unspecified atom stereocenters. The molecule has 0 N–H and O–H groups in total. The number of ketones is 1. The number of rotatable bonds is 5. The van der Waals surface area contributed by atoms with Crippen molar-refractivity contribution in [2.45, 2.75) is 26.4 Å². The molecule has 2 rings (SSSR count). The first-order valence-electron chi connectivity index (χ1n) is 6.48. The fourth-order valence-corrected chi connectivity index (χ4v) is 2.06. The summed E-state index contributed by atoms with van der Waals surface area (Å²) in [5.41, 5.74) is 0.308. The molecule has 1 heterocycles. The molecule has 0 saturated heterocycles. The summed E-state index contributed by atoms with van der Waals surface area (Å²) in [5.74, 6) is 0.375. The molecule has 0 aliphatic rings. The van der Waals surface area contributed by atoms with Gasteiger partial charge in [0, 0.05) is 18.4 Å². The third kappa shape index (κ3) is 2.66. The number of ether oxygens (including phenoxy) is 1. The lowest BCUT2D eigenvalue weighted by molar-refractivity contribution is 0.0967. The van der Waals surface area contributed by atoms with E-state index in [0.717, 1.165) is 0 Å². The Balaban J connectivity index is 2.26. The van der Waals surface area contributed by atoms with E-state index in [1.807, 2.05) is 13.8 Å². The van der Waals surface area contributed by atoms with Gasteiger partial charge in [0.1, 0.15) is 5.75 Å². The van der Waals surface area contributed by atoms with Crippen LogP contribution >= 0.6 is 0 Å². The van der Waals surface area contributed by atoms with Crippen LogP contribution in [-0.4, -0.2) is 22.0 Å². The van der Waals surface area contributed by atoms with Crippen molar-refractivity contribution in [3.8, 4) is 5.75 Å². The first-order valence-corrected chi connectivity index (χ1v) is 6.48. The predicted octanol–water partition coefficient (Wildman–Crippen LogP) is 2.12. The highest BCUT2D eigenvalue weighted by atomic mass is 16.5. The minimum atomic E-state index is -0.178. The lowest BCUT2D eigenvalue weighted by atomic mass is 10.1. The number of methoxy groups -OCH3 is 1. The number of carbonyl (C=O) groups excluding carboxylic acids is 1. The number of carbonyl (C=O) groups is 1. The van der Waals surface area contributed by atoms with Crippen molar-refractivity contribution < 1.29 is 9.53 Å². The molecule has 106 valence electrons. The Kier molecular flexibility index (Phi) is 4.08. The second-order valence-electron chi connectivity index (χ2n) is 4.83. The maximum atomic E-state index is 12.3. The van der Waals surface area contributed by atoms with Crippen LogP contribution in [0.5, 0.6) is 5.75 Å². The molecule has 1 aromatic heterocycles. The molecule has 1 aromatic carbocycles. The molecule has 0 saturated carbocycles. The van der Waals surface area contributed by atoms with Gasteiger partial charge < -0.3 is 4.74 Å². The maximum Gasteiger partial charge on any atom is 0.328 e. The molecule has 0 aliphatic heterocycles. The van der Waals surface area contributed by atoms with E-state index in [0.29, 0.717) is 11.3 Å². The highest BCUT2D eigenvalue weighted by molar-refractivity contribution is 5.98. The average molecular weight is 274 g/mol. The van der Waals surface area contributed by atoms with Gasteiger partial charge in [-0.1, -0.05) is 12.1 Å². The Morgan fingerprint density at radius 1 is 1.25 bits per heavy atom. The van der Waals surface area contributed by atoms with Crippen molar-refractivity contribution in [1.82, 2.24) is 9.13 Å². The summed E-state index contributed by atoms with van der Waals surface area (Å²) in [6.07, 6.45) is 3.33. The quantitative estimate of drug-likeness (QED) is 0.785. The normalized spacial score (nSPS) is 10.8. The van der Waals surface area contributed by atoms with Gasteiger partial charge in [0.25, 0.3) is 0 Å². The zero-order valence-corrected chi connectivity index (χ0v) is 11.9. The number of aromatic nitrogens is 2. The second kappa shape index (κ2) is 5.77. The fraction of sp³-hybridized carbons (Fsp3) is 0.333. The highest BCUT2D eigenvalue weighted by Crippen LogP contribution is 2.18. The zero-order chi connectivity index (χ0) is 14.7. The van der Waals surface area contributed by atoms with E-state index in [9.17, 15) is 9.59 Å². The first kappa shape index (κ1) is 14.1. The molecule has 0 atom stereocenters. The van der Waals surface area contributed by atoms with Gasteiger partial charge in [0.2, 0.25) is 0 Å². The molecular formula is C15H18N2O3. The van der Waals surface area contributed by atoms with Crippen molar-refractivity contribution in [2.24, 2.45) is 0 Å². The first-order chi connectivity index (χ1) is 9.54. The lowest BCUT2D eigenvalue weighted by Crippen LogP contribution is -2.27. The molecular weight excluding hydrogens is 256 g/mol. The SMILES string of the molecule is COc1ccccc1C(=O)Cn1ccn(C(C)C)c1=O. The minimum Gasteiger partial charge on any atom is -0.496 e. The molecule has 0 radical (unpaired) electrons. The highest BCUT2D eigenvalue weighted by Gasteiger charge is 2.14. The van der Waals surface area contributed by atoms with E-state index in [1.165, 1.54) is 11.7 Å². The van der Waals surface area contributed by atoms with Crippen LogP contribution < -0.4 is 10.4 Å². The molecule has 20 heavy (non-hydrogen) atoms. The van der Waals surface area contributed by atoms with Gasteiger partial charge in [-0.15, -0.1) is 0 Å². The van der Waals surface area contributed by atoms with Crippen LogP contribution in [0, 0.1) is 0 Å². The summed E-state index contributed by atoms with van der Waals surface area (Å²) in [7, 11) is 1.52. The van der Waals surface area contributed by atoms with E-state index in [4.69, 9.17) is 4.74 Å². The summed E-state index contributed by atoms with van der Waals surface area (Å²) in [6, 6.07) is 7.08. The summed E-state index contributed by atoms with van der Waals surface area (Å²) in [4.78, 5) is 24.4. The lowest BCUT2D eigenvalue weighted by Gasteiger charge is -2.07. The Morgan fingerprint density at radius 2 is 1.95 bits per heavy atom. The van der Waals surface area contributed by atoms with Gasteiger partial charge in [0.15, 0.2) is 5.78 Å². The van der Waals surface area contributed by atoms with E-state index >= 15 is 0 Å². The summed E-state index contributed by atoms with van der Waals surface area (Å²) in [5, 5.41) is 0. The van der Waals surface area contributed by atoms with Gasteiger partial charge in [-0.3, -0.25) is 13.9 Å². The van der Waals surface area contributed by atoms with Crippen LogP contribution in [0.3, 0.4) is 0 Å². The van der Waals surface area contributed by atoms with Gasteiger partial charge in [-0.25, -0.2) is 4.79 Å². The van der Waals surface area contributed by atoms with E-state index in [2.05, 4.69) is 0 Å². The third-order valence-electron chi connectivity index (χ3n) is 3.15. The molecule has 5 heteroatoms. The molecule has 0 spiro atoms. The van der Waals surface area contributed by atoms with Crippen molar-refractivity contribution in [2.75, 3.05) is 7.11 Å². The number of nitrogens with zero attached hydrogens (tertiary/aromatic N) is 2. The number of Topliss-reactive ketones (excluding diaryl/α,β-unsaturated/α-hetero) is 1. The van der Waals surface area contributed by atoms with Crippen molar-refractivity contribution >= 4 is 5.78 Å². The molecule has 0 bridgehead atoms. The number of imidazole rings is 1. The van der Waals surface area contributed by atoms with Gasteiger partial charge in [0.05, 0.1) is 19.2 Å². The second-order valence-corrected chi connectivity index (χ2v) is 4.83. The van der Waals surface area contributed by atoms with Crippen LogP contribution in [0.1, 0.15) is 30.2 Å². The molecule has 0 fully saturated rings. The van der Waals surface area contributed by atoms with E-state index in [-0.39, 0.29) is 24.1 Å². The van der Waals surface area contributed by atoms with Gasteiger partial charge in [-0.05, 0) is 26.0 Å². The number of hydrogen-bond donors (Lipinski definition) is 0. The average Bonchev–Trinajstić information content (AvgIpc) is 2.80. The van der Waals surface area contributed by atoms with Crippen LogP contribution in [-0.2, 0) is 6.54 Å². The molecule has 0 amide bonds. The monoisotopic (exact) mass is 274 g/mol. The smallest absolute Gasteiger partial charge is 0.328 e. The standard InChI is InChI=1S/C15H18N2O3/c1-11(2)17-9-8-16(15(17)19)10-13(18)12-6-4-5-7-14(12)20-3/h4-9,11H,10H2,1-3H3. The Labute approximate surface area is 117 Å². The van der Waals surface area contributed by atoms with Crippen molar-refractivity contribution in [3.63, 3.8) is 0 Å². The molecule has 5 nitrogen and oxygen atoms in total. The van der Waals surface area contributed by atoms with Crippen molar-refractivity contribution in [1.29, 1.82) is 0 Å². The minimum absolute atomic E-state index is 0.0128. The van der Waals surface area contributed by atoms with Crippen LogP contribution in [0.25, 0.3) is 0 Å². The van der Waals surface area contributed by atoms with E-state index < -0.39 is 0 Å². The predicted molar refractivity (Wildman–Crippen MR) is 76.4 cm³/mol. The molecule has 2 aromatic rings. The third-order valence-corrected chi connectivity index (χ3v) is 3.15. The summed E-state index contributed by atoms with van der Waals surface area (Å²) in [6.45, 7) is 3.86.